The summed E-state index contributed by atoms with van der Waals surface area (Å²) in [4.78, 5) is 33.0. The van der Waals surface area contributed by atoms with Gasteiger partial charge in [-0.2, -0.15) is 0 Å². The van der Waals surface area contributed by atoms with E-state index >= 15 is 0 Å². The first-order valence-electron chi connectivity index (χ1n) is 16.2. The van der Waals surface area contributed by atoms with E-state index in [0.29, 0.717) is 36.6 Å². The van der Waals surface area contributed by atoms with E-state index in [9.17, 15) is 18.4 Å². The molecule has 8 nitrogen and oxygen atoms in total. The Morgan fingerprint density at radius 3 is 2.25 bits per heavy atom. The van der Waals surface area contributed by atoms with Crippen LogP contribution in [0.25, 0.3) is 11.1 Å². The van der Waals surface area contributed by atoms with Gasteiger partial charge in [-0.05, 0) is 90.9 Å². The fraction of sp³-hybridized carbons (Fsp3) is 0.342. The number of hydrogen-bond donors (Lipinski definition) is 2. The van der Waals surface area contributed by atoms with E-state index in [1.807, 2.05) is 51.1 Å². The van der Waals surface area contributed by atoms with E-state index < -0.39 is 29.7 Å². The van der Waals surface area contributed by atoms with Crippen molar-refractivity contribution in [2.45, 2.75) is 58.7 Å². The number of ether oxygens (including phenoxy) is 2. The van der Waals surface area contributed by atoms with Gasteiger partial charge in [0.2, 0.25) is 5.88 Å². The number of aryl methyl sites for hydroxylation is 1. The van der Waals surface area contributed by atoms with Crippen molar-refractivity contribution in [2.24, 2.45) is 5.73 Å². The summed E-state index contributed by atoms with van der Waals surface area (Å²) in [5.41, 5.74) is 11.1. The number of hydrogen-bond acceptors (Lipinski definition) is 7. The topological polar surface area (TPSA) is 107 Å². The number of carbonyl (C=O) groups excluding carboxylic acids is 2. The molecule has 0 bridgehead atoms. The Kier molecular flexibility index (Phi) is 13.2. The molecule has 4 aromatic rings. The third-order valence-corrected chi connectivity index (χ3v) is 7.84. The molecule has 0 radical (unpaired) electrons. The molecule has 0 fully saturated rings. The van der Waals surface area contributed by atoms with Crippen molar-refractivity contribution in [3.05, 3.63) is 118 Å². The second kappa shape index (κ2) is 17.5. The molecule has 2 atom stereocenters. The van der Waals surface area contributed by atoms with Gasteiger partial charge in [-0.15, -0.1) is 0 Å². The largest absolute Gasteiger partial charge is 0.481 e. The quantitative estimate of drug-likeness (QED) is 0.133. The maximum atomic E-state index is 14.0. The Morgan fingerprint density at radius 2 is 1.60 bits per heavy atom. The summed E-state index contributed by atoms with van der Waals surface area (Å²) in [7, 11) is 1.57. The lowest BCUT2D eigenvalue weighted by molar-refractivity contribution is 0.0238. The zero-order valence-electron chi connectivity index (χ0n) is 28.0. The van der Waals surface area contributed by atoms with Crippen LogP contribution in [0.2, 0.25) is 0 Å². The number of pyridine rings is 1. The highest BCUT2D eigenvalue weighted by Gasteiger charge is 2.25. The van der Waals surface area contributed by atoms with Gasteiger partial charge in [-0.25, -0.2) is 18.6 Å². The third-order valence-electron chi connectivity index (χ3n) is 7.84. The Bertz CT molecular complexity index is 1660. The lowest BCUT2D eigenvalue weighted by atomic mass is 10.0. The van der Waals surface area contributed by atoms with Crippen LogP contribution in [0.4, 0.5) is 8.78 Å². The first-order chi connectivity index (χ1) is 23.1. The number of esters is 1. The molecule has 0 spiro atoms. The van der Waals surface area contributed by atoms with Gasteiger partial charge >= 0.3 is 5.97 Å². The SMILES string of the molecule is CCCN(CCC)C(=O)c1cc(C)cc(C(=O)OC(CNCc2cccc(-c3ccc(OC)nc3)c2)C(N)Cc2cc(F)cc(F)c2)c1. The summed E-state index contributed by atoms with van der Waals surface area (Å²) in [6.45, 7) is 7.67. The number of aromatic nitrogens is 1. The average Bonchev–Trinajstić information content (AvgIpc) is 3.06. The second-order valence-corrected chi connectivity index (χ2v) is 11.9. The number of rotatable bonds is 16. The van der Waals surface area contributed by atoms with Gasteiger partial charge in [-0.1, -0.05) is 32.0 Å². The number of nitrogens with one attached hydrogen (secondary N) is 1. The van der Waals surface area contributed by atoms with Crippen molar-refractivity contribution >= 4 is 11.9 Å². The highest BCUT2D eigenvalue weighted by atomic mass is 19.1. The first kappa shape index (κ1) is 36.2. The van der Waals surface area contributed by atoms with Crippen molar-refractivity contribution in [2.75, 3.05) is 26.7 Å². The number of nitrogens with two attached hydrogens (primary N) is 1. The van der Waals surface area contributed by atoms with Crippen LogP contribution in [0.3, 0.4) is 0 Å². The third kappa shape index (κ3) is 10.2. The van der Waals surface area contributed by atoms with Gasteiger partial charge in [-0.3, -0.25) is 4.79 Å². The van der Waals surface area contributed by atoms with Gasteiger partial charge in [0, 0.05) is 61.7 Å². The number of halogens is 2. The summed E-state index contributed by atoms with van der Waals surface area (Å²) >= 11 is 0. The van der Waals surface area contributed by atoms with Gasteiger partial charge in [0.15, 0.2) is 0 Å². The number of amides is 1. The summed E-state index contributed by atoms with van der Waals surface area (Å²) in [5, 5.41) is 3.33. The van der Waals surface area contributed by atoms with Crippen molar-refractivity contribution in [3.8, 4) is 17.0 Å². The minimum Gasteiger partial charge on any atom is -0.481 e. The highest BCUT2D eigenvalue weighted by Crippen LogP contribution is 2.22. The summed E-state index contributed by atoms with van der Waals surface area (Å²) in [6, 6.07) is 19.0. The Labute approximate surface area is 281 Å². The van der Waals surface area contributed by atoms with E-state index in [1.54, 1.807) is 42.5 Å². The summed E-state index contributed by atoms with van der Waals surface area (Å²) in [5.74, 6) is -1.70. The van der Waals surface area contributed by atoms with E-state index in [2.05, 4.69) is 10.3 Å². The Hall–Kier alpha value is -4.67. The van der Waals surface area contributed by atoms with E-state index in [1.165, 1.54) is 12.1 Å². The molecule has 1 heterocycles. The van der Waals surface area contributed by atoms with Crippen LogP contribution in [0.5, 0.6) is 5.88 Å². The van der Waals surface area contributed by atoms with E-state index in [-0.39, 0.29) is 24.4 Å². The van der Waals surface area contributed by atoms with Crippen molar-refractivity contribution < 1.29 is 27.8 Å². The molecular weight excluding hydrogens is 614 g/mol. The molecule has 0 saturated carbocycles. The number of carbonyl (C=O) groups is 2. The average molecular weight is 659 g/mol. The van der Waals surface area contributed by atoms with Crippen molar-refractivity contribution in [1.82, 2.24) is 15.2 Å². The molecule has 1 amide bonds. The predicted octanol–water partition coefficient (Wildman–Crippen LogP) is 6.49. The van der Waals surface area contributed by atoms with Crippen LogP contribution in [0, 0.1) is 18.6 Å². The molecule has 0 saturated heterocycles. The zero-order chi connectivity index (χ0) is 34.6. The van der Waals surface area contributed by atoms with E-state index in [0.717, 1.165) is 41.2 Å². The van der Waals surface area contributed by atoms with E-state index in [4.69, 9.17) is 15.2 Å². The normalized spacial score (nSPS) is 12.3. The number of methoxy groups -OCH3 is 1. The summed E-state index contributed by atoms with van der Waals surface area (Å²) < 4.78 is 39.1. The van der Waals surface area contributed by atoms with Crippen molar-refractivity contribution in [3.63, 3.8) is 0 Å². The molecule has 0 aliphatic rings. The molecule has 3 N–H and O–H groups in total. The van der Waals surface area contributed by atoms with Crippen LogP contribution in [-0.2, 0) is 17.7 Å². The molecule has 2 unspecified atom stereocenters. The number of benzene rings is 3. The van der Waals surface area contributed by atoms with Gasteiger partial charge in [0.1, 0.15) is 17.7 Å². The molecule has 10 heteroatoms. The van der Waals surface area contributed by atoms with Crippen LogP contribution < -0.4 is 15.8 Å². The molecule has 48 heavy (non-hydrogen) atoms. The van der Waals surface area contributed by atoms with Crippen LogP contribution in [-0.4, -0.2) is 60.7 Å². The van der Waals surface area contributed by atoms with Crippen LogP contribution >= 0.6 is 0 Å². The van der Waals surface area contributed by atoms with Gasteiger partial charge in [0.05, 0.1) is 12.7 Å². The highest BCUT2D eigenvalue weighted by molar-refractivity contribution is 5.98. The smallest absolute Gasteiger partial charge is 0.338 e. The van der Waals surface area contributed by atoms with Crippen LogP contribution in [0.1, 0.15) is 64.1 Å². The molecule has 0 aliphatic carbocycles. The molecule has 254 valence electrons. The first-order valence-corrected chi connectivity index (χ1v) is 16.2. The second-order valence-electron chi connectivity index (χ2n) is 11.9. The lowest BCUT2D eigenvalue weighted by Crippen LogP contribution is -2.46. The zero-order valence-corrected chi connectivity index (χ0v) is 28.0. The minimum atomic E-state index is -0.867. The molecule has 1 aromatic heterocycles. The monoisotopic (exact) mass is 658 g/mol. The van der Waals surface area contributed by atoms with Gasteiger partial charge in [0.25, 0.3) is 5.91 Å². The summed E-state index contributed by atoms with van der Waals surface area (Å²) in [6.07, 6.45) is 2.57. The minimum absolute atomic E-state index is 0.0643. The Balaban J connectivity index is 1.52. The fourth-order valence-corrected chi connectivity index (χ4v) is 5.57. The predicted molar refractivity (Wildman–Crippen MR) is 183 cm³/mol. The maximum absolute atomic E-state index is 14.0. The maximum Gasteiger partial charge on any atom is 0.338 e. The molecule has 3 aromatic carbocycles. The molecule has 0 aliphatic heterocycles. The van der Waals surface area contributed by atoms with Gasteiger partial charge < -0.3 is 25.4 Å². The molecular formula is C38H44F2N4O4. The Morgan fingerprint density at radius 1 is 0.896 bits per heavy atom. The number of nitrogens with zero attached hydrogens (tertiary/aromatic N) is 2. The fourth-order valence-electron chi connectivity index (χ4n) is 5.57. The van der Waals surface area contributed by atoms with Crippen LogP contribution in [0.15, 0.2) is 79.0 Å². The van der Waals surface area contributed by atoms with Crippen molar-refractivity contribution in [1.29, 1.82) is 0 Å². The molecule has 4 rings (SSSR count). The standard InChI is InChI=1S/C38H44F2N4O4/c1-5-12-44(13-6-2)37(45)30-14-25(3)15-31(20-30)38(46)48-35(34(41)19-27-17-32(39)21-33(40)18-27)24-42-22-26-8-7-9-28(16-26)29-10-11-36(47-4)43-23-29/h7-11,14-18,20-21,23,34-35,42H,5-6,12-13,19,22,24,41H2,1-4H3. The lowest BCUT2D eigenvalue weighted by Gasteiger charge is -2.25.